The molecule has 1 aromatic carbocycles. The molecule has 0 saturated carbocycles. The molecule has 0 aliphatic rings. The standard InChI is InChI=1S/C14H11N7/c15-11-3-1-10(2-4-11)13-17-9-21(19-13)14-12-5-6-18-20(12)8-7-16-14/h1-9H,15H2. The topological polar surface area (TPSA) is 86.9 Å². The van der Waals surface area contributed by atoms with E-state index in [2.05, 4.69) is 20.2 Å². The van der Waals surface area contributed by atoms with E-state index in [1.165, 1.54) is 0 Å². The third-order valence-corrected chi connectivity index (χ3v) is 3.18. The lowest BCUT2D eigenvalue weighted by atomic mass is 10.2. The molecular weight excluding hydrogens is 266 g/mol. The van der Waals surface area contributed by atoms with Gasteiger partial charge in [-0.05, 0) is 30.3 Å². The maximum Gasteiger partial charge on any atom is 0.181 e. The average Bonchev–Trinajstić information content (AvgIpc) is 3.16. The molecule has 21 heavy (non-hydrogen) atoms. The summed E-state index contributed by atoms with van der Waals surface area (Å²) in [5, 5.41) is 8.65. The first-order valence-corrected chi connectivity index (χ1v) is 6.37. The minimum atomic E-state index is 0.623. The lowest BCUT2D eigenvalue weighted by Gasteiger charge is -2.01. The van der Waals surface area contributed by atoms with E-state index in [9.17, 15) is 0 Å². The first kappa shape index (κ1) is 11.6. The Balaban J connectivity index is 1.81. The zero-order valence-electron chi connectivity index (χ0n) is 11.0. The van der Waals surface area contributed by atoms with Crippen LogP contribution in [0.15, 0.2) is 55.2 Å². The van der Waals surface area contributed by atoms with E-state index in [-0.39, 0.29) is 0 Å². The van der Waals surface area contributed by atoms with Crippen LogP contribution in [0, 0.1) is 0 Å². The van der Waals surface area contributed by atoms with Crippen LogP contribution in [0.25, 0.3) is 22.7 Å². The molecule has 0 fully saturated rings. The van der Waals surface area contributed by atoms with E-state index >= 15 is 0 Å². The van der Waals surface area contributed by atoms with E-state index in [1.807, 2.05) is 30.3 Å². The number of fused-ring (bicyclic) bond motifs is 1. The normalized spacial score (nSPS) is 11.0. The molecule has 3 aromatic heterocycles. The van der Waals surface area contributed by atoms with Crippen LogP contribution >= 0.6 is 0 Å². The first-order valence-electron chi connectivity index (χ1n) is 6.37. The maximum absolute atomic E-state index is 5.69. The van der Waals surface area contributed by atoms with Gasteiger partial charge in [0.15, 0.2) is 11.6 Å². The molecule has 7 heteroatoms. The average molecular weight is 277 g/mol. The molecule has 0 aliphatic heterocycles. The summed E-state index contributed by atoms with van der Waals surface area (Å²) in [5.41, 5.74) is 8.17. The number of hydrogen-bond acceptors (Lipinski definition) is 5. The zero-order chi connectivity index (χ0) is 14.2. The molecule has 0 aliphatic carbocycles. The largest absolute Gasteiger partial charge is 0.399 e. The number of nitrogen functional groups attached to an aromatic ring is 1. The highest BCUT2D eigenvalue weighted by atomic mass is 15.4. The summed E-state index contributed by atoms with van der Waals surface area (Å²) in [4.78, 5) is 8.68. The zero-order valence-corrected chi connectivity index (χ0v) is 11.0. The van der Waals surface area contributed by atoms with E-state index < -0.39 is 0 Å². The van der Waals surface area contributed by atoms with Crippen LogP contribution in [0.1, 0.15) is 0 Å². The Hall–Kier alpha value is -3.22. The third-order valence-electron chi connectivity index (χ3n) is 3.18. The van der Waals surface area contributed by atoms with Crippen molar-refractivity contribution in [3.63, 3.8) is 0 Å². The molecule has 3 heterocycles. The van der Waals surface area contributed by atoms with Crippen molar-refractivity contribution in [2.24, 2.45) is 0 Å². The van der Waals surface area contributed by atoms with E-state index in [4.69, 9.17) is 5.73 Å². The van der Waals surface area contributed by atoms with Gasteiger partial charge in [-0.3, -0.25) is 0 Å². The summed E-state index contributed by atoms with van der Waals surface area (Å²) >= 11 is 0. The second-order valence-corrected chi connectivity index (χ2v) is 4.55. The number of aromatic nitrogens is 6. The van der Waals surface area contributed by atoms with Crippen molar-refractivity contribution in [3.05, 3.63) is 55.2 Å². The Morgan fingerprint density at radius 3 is 2.67 bits per heavy atom. The predicted molar refractivity (Wildman–Crippen MR) is 77.8 cm³/mol. The molecule has 0 saturated heterocycles. The Bertz CT molecular complexity index is 904. The second-order valence-electron chi connectivity index (χ2n) is 4.55. The van der Waals surface area contributed by atoms with E-state index in [1.54, 1.807) is 34.1 Å². The molecule has 4 aromatic rings. The van der Waals surface area contributed by atoms with Crippen LogP contribution in [-0.4, -0.2) is 29.4 Å². The fourth-order valence-electron chi connectivity index (χ4n) is 2.15. The van der Waals surface area contributed by atoms with Crippen LogP contribution in [0.4, 0.5) is 5.69 Å². The number of nitrogens with zero attached hydrogens (tertiary/aromatic N) is 6. The van der Waals surface area contributed by atoms with E-state index in [0.717, 1.165) is 11.1 Å². The van der Waals surface area contributed by atoms with Gasteiger partial charge in [-0.1, -0.05) is 0 Å². The van der Waals surface area contributed by atoms with Crippen LogP contribution < -0.4 is 5.73 Å². The van der Waals surface area contributed by atoms with Crippen LogP contribution in [0.5, 0.6) is 0 Å². The molecule has 102 valence electrons. The number of rotatable bonds is 2. The van der Waals surface area contributed by atoms with Gasteiger partial charge >= 0.3 is 0 Å². The molecule has 7 nitrogen and oxygen atoms in total. The Kier molecular flexibility index (Phi) is 2.43. The quantitative estimate of drug-likeness (QED) is 0.562. The van der Waals surface area contributed by atoms with Gasteiger partial charge in [0.05, 0.1) is 6.20 Å². The smallest absolute Gasteiger partial charge is 0.181 e. The lowest BCUT2D eigenvalue weighted by Crippen LogP contribution is -2.01. The lowest BCUT2D eigenvalue weighted by molar-refractivity contribution is 0.833. The van der Waals surface area contributed by atoms with Crippen molar-refractivity contribution < 1.29 is 0 Å². The van der Waals surface area contributed by atoms with Gasteiger partial charge in [0.25, 0.3) is 0 Å². The predicted octanol–water partition coefficient (Wildman–Crippen LogP) is 1.56. The minimum Gasteiger partial charge on any atom is -0.399 e. The number of anilines is 1. The summed E-state index contributed by atoms with van der Waals surface area (Å²) in [6.07, 6.45) is 6.83. The first-order chi connectivity index (χ1) is 10.3. The Morgan fingerprint density at radius 2 is 1.81 bits per heavy atom. The van der Waals surface area contributed by atoms with Crippen LogP contribution in [0.3, 0.4) is 0 Å². The molecule has 0 unspecified atom stereocenters. The number of benzene rings is 1. The SMILES string of the molecule is Nc1ccc(-c2ncn(-c3nccn4nccc34)n2)cc1. The van der Waals surface area contributed by atoms with Crippen molar-refractivity contribution in [3.8, 4) is 17.2 Å². The van der Waals surface area contributed by atoms with Crippen molar-refractivity contribution in [1.29, 1.82) is 0 Å². The highest BCUT2D eigenvalue weighted by Crippen LogP contribution is 2.18. The van der Waals surface area contributed by atoms with Gasteiger partial charge in [0.2, 0.25) is 0 Å². The van der Waals surface area contributed by atoms with E-state index in [0.29, 0.717) is 17.3 Å². The maximum atomic E-state index is 5.69. The molecule has 4 rings (SSSR count). The molecule has 0 atom stereocenters. The molecular formula is C14H11N7. The summed E-state index contributed by atoms with van der Waals surface area (Å²) in [6, 6.07) is 9.31. The van der Waals surface area contributed by atoms with Crippen molar-refractivity contribution in [1.82, 2.24) is 29.4 Å². The number of nitrogens with two attached hydrogens (primary N) is 1. The third kappa shape index (κ3) is 1.91. The highest BCUT2D eigenvalue weighted by molar-refractivity contribution is 5.61. The van der Waals surface area contributed by atoms with Gasteiger partial charge in [-0.2, -0.15) is 9.78 Å². The van der Waals surface area contributed by atoms with Crippen molar-refractivity contribution in [2.75, 3.05) is 5.73 Å². The van der Waals surface area contributed by atoms with Crippen LogP contribution in [0.2, 0.25) is 0 Å². The summed E-state index contributed by atoms with van der Waals surface area (Å²) in [7, 11) is 0. The Morgan fingerprint density at radius 1 is 0.952 bits per heavy atom. The fourth-order valence-corrected chi connectivity index (χ4v) is 2.15. The molecule has 0 bridgehead atoms. The summed E-state index contributed by atoms with van der Waals surface area (Å²) in [5.74, 6) is 1.31. The highest BCUT2D eigenvalue weighted by Gasteiger charge is 2.09. The van der Waals surface area contributed by atoms with Crippen molar-refractivity contribution in [2.45, 2.75) is 0 Å². The van der Waals surface area contributed by atoms with Gasteiger partial charge < -0.3 is 5.73 Å². The van der Waals surface area contributed by atoms with Crippen molar-refractivity contribution >= 4 is 11.2 Å². The van der Waals surface area contributed by atoms with Gasteiger partial charge in [0, 0.05) is 23.6 Å². The Labute approximate surface area is 119 Å². The molecule has 0 spiro atoms. The summed E-state index contributed by atoms with van der Waals surface area (Å²) < 4.78 is 3.38. The number of hydrogen-bond donors (Lipinski definition) is 1. The molecule has 0 radical (unpaired) electrons. The summed E-state index contributed by atoms with van der Waals surface area (Å²) in [6.45, 7) is 0. The monoisotopic (exact) mass is 277 g/mol. The van der Waals surface area contributed by atoms with Gasteiger partial charge in [-0.15, -0.1) is 5.10 Å². The molecule has 0 amide bonds. The second kappa shape index (κ2) is 4.41. The minimum absolute atomic E-state index is 0.623. The molecule has 2 N–H and O–H groups in total. The van der Waals surface area contributed by atoms with Gasteiger partial charge in [0.1, 0.15) is 11.8 Å². The van der Waals surface area contributed by atoms with Gasteiger partial charge in [-0.25, -0.2) is 14.5 Å². The van der Waals surface area contributed by atoms with Crippen LogP contribution in [-0.2, 0) is 0 Å². The fraction of sp³-hybridized carbons (Fsp3) is 0.